The summed E-state index contributed by atoms with van der Waals surface area (Å²) in [7, 11) is 0. The minimum atomic E-state index is -0.674. The van der Waals surface area contributed by atoms with Gasteiger partial charge in [0.15, 0.2) is 0 Å². The SMILES string of the molecule is NC(=O)N/N=C\c1cccc2[nH]ccc12. The zero-order chi connectivity index (χ0) is 10.7. The van der Waals surface area contributed by atoms with Gasteiger partial charge in [-0.05, 0) is 12.1 Å². The molecule has 4 N–H and O–H groups in total. The number of aromatic amines is 1. The highest BCUT2D eigenvalue weighted by Gasteiger charge is 1.98. The van der Waals surface area contributed by atoms with Gasteiger partial charge in [-0.1, -0.05) is 12.1 Å². The quantitative estimate of drug-likeness (QED) is 0.495. The van der Waals surface area contributed by atoms with Crippen LogP contribution in [0.4, 0.5) is 4.79 Å². The molecular weight excluding hydrogens is 192 g/mol. The van der Waals surface area contributed by atoms with E-state index in [1.165, 1.54) is 0 Å². The van der Waals surface area contributed by atoms with Crippen molar-refractivity contribution >= 4 is 23.1 Å². The van der Waals surface area contributed by atoms with Crippen LogP contribution in [-0.2, 0) is 0 Å². The first kappa shape index (κ1) is 9.26. The third-order valence-corrected chi connectivity index (χ3v) is 2.01. The molecule has 0 aliphatic heterocycles. The van der Waals surface area contributed by atoms with E-state index in [1.54, 1.807) is 6.21 Å². The van der Waals surface area contributed by atoms with Crippen molar-refractivity contribution in [2.75, 3.05) is 0 Å². The summed E-state index contributed by atoms with van der Waals surface area (Å²) in [6.45, 7) is 0. The first-order valence-electron chi connectivity index (χ1n) is 4.42. The number of nitrogens with zero attached hydrogens (tertiary/aromatic N) is 1. The number of hydrogen-bond acceptors (Lipinski definition) is 2. The Hall–Kier alpha value is -2.30. The van der Waals surface area contributed by atoms with Crippen LogP contribution in [0.15, 0.2) is 35.6 Å². The Morgan fingerprint density at radius 3 is 3.13 bits per heavy atom. The van der Waals surface area contributed by atoms with Crippen LogP contribution >= 0.6 is 0 Å². The van der Waals surface area contributed by atoms with E-state index >= 15 is 0 Å². The average Bonchev–Trinajstić information content (AvgIpc) is 2.65. The molecule has 5 nitrogen and oxygen atoms in total. The van der Waals surface area contributed by atoms with Crippen LogP contribution in [0.1, 0.15) is 5.56 Å². The number of benzene rings is 1. The highest BCUT2D eigenvalue weighted by molar-refractivity contribution is 5.98. The van der Waals surface area contributed by atoms with Crippen LogP contribution in [0, 0.1) is 0 Å². The van der Waals surface area contributed by atoms with Crippen LogP contribution in [0.3, 0.4) is 0 Å². The van der Waals surface area contributed by atoms with Crippen LogP contribution in [-0.4, -0.2) is 17.2 Å². The highest BCUT2D eigenvalue weighted by atomic mass is 16.2. The summed E-state index contributed by atoms with van der Waals surface area (Å²) in [4.78, 5) is 13.5. The maximum absolute atomic E-state index is 10.4. The predicted octanol–water partition coefficient (Wildman–Crippen LogP) is 1.17. The van der Waals surface area contributed by atoms with Gasteiger partial charge in [-0.15, -0.1) is 0 Å². The first-order valence-corrected chi connectivity index (χ1v) is 4.42. The maximum Gasteiger partial charge on any atom is 0.332 e. The second-order valence-electron chi connectivity index (χ2n) is 3.02. The van der Waals surface area contributed by atoms with Gasteiger partial charge in [0.05, 0.1) is 6.21 Å². The summed E-state index contributed by atoms with van der Waals surface area (Å²) in [6.07, 6.45) is 3.41. The summed E-state index contributed by atoms with van der Waals surface area (Å²) < 4.78 is 0. The number of fused-ring (bicyclic) bond motifs is 1. The largest absolute Gasteiger partial charge is 0.361 e. The standard InChI is InChI=1S/C10H10N4O/c11-10(15)14-13-6-7-2-1-3-9-8(7)4-5-12-9/h1-6,12H,(H3,11,14,15)/b13-6-. The molecule has 1 heterocycles. The van der Waals surface area contributed by atoms with Crippen molar-refractivity contribution in [3.05, 3.63) is 36.0 Å². The molecule has 0 unspecified atom stereocenters. The Labute approximate surface area is 86.0 Å². The summed E-state index contributed by atoms with van der Waals surface area (Å²) >= 11 is 0. The van der Waals surface area contributed by atoms with Crippen molar-refractivity contribution in [2.45, 2.75) is 0 Å². The molecule has 2 rings (SSSR count). The lowest BCUT2D eigenvalue weighted by Crippen LogP contribution is -2.24. The van der Waals surface area contributed by atoms with E-state index in [9.17, 15) is 4.79 Å². The van der Waals surface area contributed by atoms with Crippen molar-refractivity contribution < 1.29 is 4.79 Å². The van der Waals surface area contributed by atoms with Crippen molar-refractivity contribution in [3.8, 4) is 0 Å². The number of carbonyl (C=O) groups is 1. The van der Waals surface area contributed by atoms with E-state index in [0.29, 0.717) is 0 Å². The predicted molar refractivity (Wildman–Crippen MR) is 58.6 cm³/mol. The van der Waals surface area contributed by atoms with Gasteiger partial charge in [0.2, 0.25) is 0 Å². The molecule has 0 radical (unpaired) electrons. The Bertz CT molecular complexity index is 515. The van der Waals surface area contributed by atoms with Gasteiger partial charge in [0, 0.05) is 22.7 Å². The number of hydrazone groups is 1. The Morgan fingerprint density at radius 1 is 1.47 bits per heavy atom. The van der Waals surface area contributed by atoms with Crippen LogP contribution in [0.25, 0.3) is 10.9 Å². The molecule has 15 heavy (non-hydrogen) atoms. The minimum Gasteiger partial charge on any atom is -0.361 e. The summed E-state index contributed by atoms with van der Waals surface area (Å²) in [5, 5.41) is 4.76. The summed E-state index contributed by atoms with van der Waals surface area (Å²) in [6, 6.07) is 7.05. The third kappa shape index (κ3) is 1.96. The number of H-pyrrole nitrogens is 1. The first-order chi connectivity index (χ1) is 7.27. The number of rotatable bonds is 2. The normalized spacial score (nSPS) is 10.9. The third-order valence-electron chi connectivity index (χ3n) is 2.01. The van der Waals surface area contributed by atoms with E-state index in [-0.39, 0.29) is 0 Å². The molecule has 0 aliphatic rings. The molecule has 0 spiro atoms. The fourth-order valence-corrected chi connectivity index (χ4v) is 1.39. The number of hydrogen-bond donors (Lipinski definition) is 3. The number of amides is 2. The number of aromatic nitrogens is 1. The lowest BCUT2D eigenvalue weighted by molar-refractivity contribution is 0.249. The Kier molecular flexibility index (Phi) is 2.37. The van der Waals surface area contributed by atoms with Crippen LogP contribution in [0.2, 0.25) is 0 Å². The molecule has 2 amide bonds. The Morgan fingerprint density at radius 2 is 2.33 bits per heavy atom. The van der Waals surface area contributed by atoms with Gasteiger partial charge in [-0.3, -0.25) is 0 Å². The number of carbonyl (C=O) groups excluding carboxylic acids is 1. The summed E-state index contributed by atoms with van der Waals surface area (Å²) in [5.41, 5.74) is 8.97. The molecule has 0 saturated heterocycles. The number of primary amides is 1. The lowest BCUT2D eigenvalue weighted by atomic mass is 10.1. The fraction of sp³-hybridized carbons (Fsp3) is 0. The molecule has 2 aromatic rings. The number of nitrogens with one attached hydrogen (secondary N) is 2. The summed E-state index contributed by atoms with van der Waals surface area (Å²) in [5.74, 6) is 0. The van der Waals surface area contributed by atoms with Crippen molar-refractivity contribution in [1.82, 2.24) is 10.4 Å². The molecule has 0 saturated carbocycles. The van der Waals surface area contributed by atoms with Crippen LogP contribution < -0.4 is 11.2 Å². The molecule has 1 aromatic carbocycles. The van der Waals surface area contributed by atoms with Crippen molar-refractivity contribution in [1.29, 1.82) is 0 Å². The molecule has 0 fully saturated rings. The molecular formula is C10H10N4O. The average molecular weight is 202 g/mol. The fourth-order valence-electron chi connectivity index (χ4n) is 1.39. The zero-order valence-electron chi connectivity index (χ0n) is 7.90. The smallest absolute Gasteiger partial charge is 0.332 e. The number of urea groups is 1. The lowest BCUT2D eigenvalue weighted by Gasteiger charge is -1.96. The molecule has 5 heteroatoms. The van der Waals surface area contributed by atoms with Gasteiger partial charge >= 0.3 is 6.03 Å². The van der Waals surface area contributed by atoms with E-state index in [0.717, 1.165) is 16.5 Å². The molecule has 76 valence electrons. The zero-order valence-corrected chi connectivity index (χ0v) is 7.90. The van der Waals surface area contributed by atoms with Crippen molar-refractivity contribution in [2.24, 2.45) is 10.8 Å². The van der Waals surface area contributed by atoms with Gasteiger partial charge < -0.3 is 10.7 Å². The van der Waals surface area contributed by atoms with E-state index < -0.39 is 6.03 Å². The maximum atomic E-state index is 10.4. The second-order valence-corrected chi connectivity index (χ2v) is 3.02. The van der Waals surface area contributed by atoms with Gasteiger partial charge in [-0.2, -0.15) is 5.10 Å². The monoisotopic (exact) mass is 202 g/mol. The van der Waals surface area contributed by atoms with E-state index in [1.807, 2.05) is 30.5 Å². The molecule has 0 aliphatic carbocycles. The topological polar surface area (TPSA) is 83.3 Å². The van der Waals surface area contributed by atoms with Crippen LogP contribution in [0.5, 0.6) is 0 Å². The second kappa shape index (κ2) is 3.83. The number of nitrogens with two attached hydrogens (primary N) is 1. The minimum absolute atomic E-state index is 0.674. The van der Waals surface area contributed by atoms with Gasteiger partial charge in [0.1, 0.15) is 0 Å². The molecule has 0 atom stereocenters. The Balaban J connectivity index is 2.31. The van der Waals surface area contributed by atoms with E-state index in [2.05, 4.69) is 15.5 Å². The highest BCUT2D eigenvalue weighted by Crippen LogP contribution is 2.15. The van der Waals surface area contributed by atoms with Gasteiger partial charge in [-0.25, -0.2) is 10.2 Å². The van der Waals surface area contributed by atoms with Crippen molar-refractivity contribution in [3.63, 3.8) is 0 Å². The van der Waals surface area contributed by atoms with E-state index in [4.69, 9.17) is 5.73 Å². The molecule has 0 bridgehead atoms. The van der Waals surface area contributed by atoms with Gasteiger partial charge in [0.25, 0.3) is 0 Å². The molecule has 1 aromatic heterocycles.